The van der Waals surface area contributed by atoms with E-state index in [1.807, 2.05) is 45.0 Å². The molecule has 3 rings (SSSR count). The fourth-order valence-electron chi connectivity index (χ4n) is 3.33. The highest BCUT2D eigenvalue weighted by molar-refractivity contribution is 7.99. The zero-order valence-corrected chi connectivity index (χ0v) is 20.0. The highest BCUT2D eigenvalue weighted by atomic mass is 32.2. The Kier molecular flexibility index (Phi) is 7.64. The number of allylic oxidation sites excluding steroid dienone is 1. The molecule has 1 aliphatic rings. The van der Waals surface area contributed by atoms with Crippen molar-refractivity contribution in [3.8, 4) is 5.75 Å². The van der Waals surface area contributed by atoms with E-state index in [2.05, 4.69) is 36.2 Å². The van der Waals surface area contributed by atoms with Crippen LogP contribution in [-0.2, 0) is 9.53 Å². The topological polar surface area (TPSA) is 78.3 Å². The van der Waals surface area contributed by atoms with Gasteiger partial charge in [-0.05, 0) is 56.6 Å². The standard InChI is InChI=1S/C23H32N4O3S/c1-7-31-23-25-22-24-16(6)19(21(28)30-15(4)5)20(27(22)26-23)17-8-10-18(11-9-17)29-13-12-14(2)3/h8-11,14-15,20H,7,12-13H2,1-6H3,(H,24,25,26). The summed E-state index contributed by atoms with van der Waals surface area (Å²) in [6.45, 7) is 12.7. The minimum Gasteiger partial charge on any atom is -0.494 e. The molecule has 1 N–H and O–H groups in total. The van der Waals surface area contributed by atoms with Crippen molar-refractivity contribution in [2.45, 2.75) is 65.3 Å². The Morgan fingerprint density at radius 3 is 2.55 bits per heavy atom. The molecule has 1 atom stereocenters. The van der Waals surface area contributed by atoms with Gasteiger partial charge in [0.25, 0.3) is 0 Å². The van der Waals surface area contributed by atoms with Crippen LogP contribution in [-0.4, -0.2) is 39.2 Å². The predicted molar refractivity (Wildman–Crippen MR) is 124 cm³/mol. The Bertz CT molecular complexity index is 935. The second-order valence-electron chi connectivity index (χ2n) is 8.22. The molecule has 2 aromatic rings. The van der Waals surface area contributed by atoms with E-state index in [0.717, 1.165) is 29.2 Å². The number of fused-ring (bicyclic) bond motifs is 1. The van der Waals surface area contributed by atoms with Crippen LogP contribution in [0.5, 0.6) is 5.75 Å². The number of hydrogen-bond acceptors (Lipinski definition) is 7. The van der Waals surface area contributed by atoms with Crippen molar-refractivity contribution in [3.05, 3.63) is 41.1 Å². The molecule has 1 aromatic heterocycles. The third kappa shape index (κ3) is 5.61. The van der Waals surface area contributed by atoms with Gasteiger partial charge in [-0.15, -0.1) is 5.10 Å². The van der Waals surface area contributed by atoms with Crippen LogP contribution in [0, 0.1) is 5.92 Å². The van der Waals surface area contributed by atoms with Gasteiger partial charge in [-0.1, -0.05) is 44.7 Å². The molecular weight excluding hydrogens is 412 g/mol. The summed E-state index contributed by atoms with van der Waals surface area (Å²) in [5.74, 6) is 2.54. The van der Waals surface area contributed by atoms with E-state index >= 15 is 0 Å². The van der Waals surface area contributed by atoms with Crippen LogP contribution < -0.4 is 10.1 Å². The number of thioether (sulfide) groups is 1. The van der Waals surface area contributed by atoms with Gasteiger partial charge < -0.3 is 14.8 Å². The number of aromatic nitrogens is 3. The maximum Gasteiger partial charge on any atom is 0.338 e. The minimum atomic E-state index is -0.425. The van der Waals surface area contributed by atoms with Crippen molar-refractivity contribution in [2.75, 3.05) is 17.7 Å². The van der Waals surface area contributed by atoms with Gasteiger partial charge in [-0.25, -0.2) is 9.48 Å². The van der Waals surface area contributed by atoms with E-state index in [9.17, 15) is 4.79 Å². The molecule has 0 bridgehead atoms. The van der Waals surface area contributed by atoms with Gasteiger partial charge in [0.2, 0.25) is 11.1 Å². The first-order valence-electron chi connectivity index (χ1n) is 10.8. The van der Waals surface area contributed by atoms with E-state index in [0.29, 0.717) is 29.2 Å². The molecule has 8 heteroatoms. The Morgan fingerprint density at radius 1 is 1.23 bits per heavy atom. The molecule has 2 heterocycles. The number of hydrogen-bond donors (Lipinski definition) is 1. The first-order chi connectivity index (χ1) is 14.8. The van der Waals surface area contributed by atoms with Gasteiger partial charge in [-0.2, -0.15) is 4.98 Å². The summed E-state index contributed by atoms with van der Waals surface area (Å²) in [5.41, 5.74) is 2.18. The number of rotatable bonds is 9. The highest BCUT2D eigenvalue weighted by Crippen LogP contribution is 2.37. The second kappa shape index (κ2) is 10.2. The van der Waals surface area contributed by atoms with Crippen LogP contribution in [0.4, 0.5) is 5.95 Å². The first kappa shape index (κ1) is 23.2. The number of benzene rings is 1. The van der Waals surface area contributed by atoms with E-state index in [1.54, 1.807) is 16.4 Å². The smallest absolute Gasteiger partial charge is 0.338 e. The Morgan fingerprint density at radius 2 is 1.94 bits per heavy atom. The summed E-state index contributed by atoms with van der Waals surface area (Å²) in [6.07, 6.45) is 0.789. The van der Waals surface area contributed by atoms with Crippen LogP contribution >= 0.6 is 11.8 Å². The van der Waals surface area contributed by atoms with E-state index in [4.69, 9.17) is 9.47 Å². The quantitative estimate of drug-likeness (QED) is 0.428. The molecule has 0 aliphatic carbocycles. The van der Waals surface area contributed by atoms with Crippen molar-refractivity contribution in [2.24, 2.45) is 5.92 Å². The maximum atomic E-state index is 13.0. The molecule has 0 radical (unpaired) electrons. The third-order valence-corrected chi connectivity index (χ3v) is 5.55. The summed E-state index contributed by atoms with van der Waals surface area (Å²) in [6, 6.07) is 7.42. The third-order valence-electron chi connectivity index (χ3n) is 4.83. The number of carbonyl (C=O) groups is 1. The maximum absolute atomic E-state index is 13.0. The van der Waals surface area contributed by atoms with Crippen molar-refractivity contribution < 1.29 is 14.3 Å². The van der Waals surface area contributed by atoms with Gasteiger partial charge in [0, 0.05) is 5.70 Å². The summed E-state index contributed by atoms with van der Waals surface area (Å²) in [7, 11) is 0. The minimum absolute atomic E-state index is 0.214. The zero-order chi connectivity index (χ0) is 22.5. The molecule has 1 unspecified atom stereocenters. The number of nitrogens with one attached hydrogen (secondary N) is 1. The molecule has 0 fully saturated rings. The van der Waals surface area contributed by atoms with Crippen molar-refractivity contribution >= 4 is 23.7 Å². The summed E-state index contributed by atoms with van der Waals surface area (Å²) in [4.78, 5) is 17.6. The Balaban J connectivity index is 1.95. The van der Waals surface area contributed by atoms with E-state index in [-0.39, 0.29) is 12.1 Å². The summed E-state index contributed by atoms with van der Waals surface area (Å²) >= 11 is 1.56. The lowest BCUT2D eigenvalue weighted by Gasteiger charge is -2.28. The van der Waals surface area contributed by atoms with Crippen molar-refractivity contribution in [1.29, 1.82) is 0 Å². The molecule has 0 saturated carbocycles. The normalized spacial score (nSPS) is 15.8. The van der Waals surface area contributed by atoms with Crippen LogP contribution in [0.15, 0.2) is 40.7 Å². The van der Waals surface area contributed by atoms with Gasteiger partial charge in [0.05, 0.1) is 18.3 Å². The molecule has 168 valence electrons. The van der Waals surface area contributed by atoms with Gasteiger partial charge in [0.15, 0.2) is 0 Å². The van der Waals surface area contributed by atoms with E-state index in [1.165, 1.54) is 0 Å². The molecular formula is C23H32N4O3S. The SMILES string of the molecule is CCSc1nc2n(n1)C(c1ccc(OCCC(C)C)cc1)C(C(=O)OC(C)C)=C(C)N2. The monoisotopic (exact) mass is 444 g/mol. The zero-order valence-electron chi connectivity index (χ0n) is 19.1. The first-order valence-corrected chi connectivity index (χ1v) is 11.8. The van der Waals surface area contributed by atoms with Gasteiger partial charge >= 0.3 is 5.97 Å². The molecule has 0 amide bonds. The van der Waals surface area contributed by atoms with Crippen molar-refractivity contribution in [1.82, 2.24) is 14.8 Å². The van der Waals surface area contributed by atoms with Crippen LogP contribution in [0.25, 0.3) is 0 Å². The summed E-state index contributed by atoms with van der Waals surface area (Å²) in [5, 5.41) is 8.57. The van der Waals surface area contributed by atoms with Crippen LogP contribution in [0.1, 0.15) is 59.6 Å². The fraction of sp³-hybridized carbons (Fsp3) is 0.522. The molecule has 1 aromatic carbocycles. The average molecular weight is 445 g/mol. The van der Waals surface area contributed by atoms with Crippen molar-refractivity contribution in [3.63, 3.8) is 0 Å². The number of anilines is 1. The number of carbonyl (C=O) groups excluding carboxylic acids is 1. The summed E-state index contributed by atoms with van der Waals surface area (Å²) < 4.78 is 13.2. The second-order valence-corrected chi connectivity index (χ2v) is 9.45. The average Bonchev–Trinajstić information content (AvgIpc) is 3.09. The lowest BCUT2D eigenvalue weighted by atomic mass is 9.95. The van der Waals surface area contributed by atoms with E-state index < -0.39 is 6.04 Å². The van der Waals surface area contributed by atoms with Gasteiger partial charge in [-0.3, -0.25) is 0 Å². The number of ether oxygens (including phenoxy) is 2. The molecule has 7 nitrogen and oxygen atoms in total. The lowest BCUT2D eigenvalue weighted by molar-refractivity contribution is -0.143. The number of esters is 1. The molecule has 0 saturated heterocycles. The lowest BCUT2D eigenvalue weighted by Crippen LogP contribution is -2.30. The highest BCUT2D eigenvalue weighted by Gasteiger charge is 2.35. The van der Waals surface area contributed by atoms with Gasteiger partial charge in [0.1, 0.15) is 11.8 Å². The van der Waals surface area contributed by atoms with Crippen LogP contribution in [0.2, 0.25) is 0 Å². The Labute approximate surface area is 188 Å². The fourth-order valence-corrected chi connectivity index (χ4v) is 3.89. The molecule has 1 aliphatic heterocycles. The largest absolute Gasteiger partial charge is 0.494 e. The predicted octanol–water partition coefficient (Wildman–Crippen LogP) is 5.06. The molecule has 31 heavy (non-hydrogen) atoms. The van der Waals surface area contributed by atoms with Crippen LogP contribution in [0.3, 0.4) is 0 Å². The number of nitrogens with zero attached hydrogens (tertiary/aromatic N) is 3. The Hall–Kier alpha value is -2.48. The molecule has 0 spiro atoms.